The molecule has 0 radical (unpaired) electrons. The largest absolute Gasteiger partial charge is 0.371 e. The zero-order valence-electron chi connectivity index (χ0n) is 19.6. The van der Waals surface area contributed by atoms with Crippen molar-refractivity contribution in [3.63, 3.8) is 0 Å². The topological polar surface area (TPSA) is 80.6 Å². The number of carbonyl (C=O) groups is 2. The predicted molar refractivity (Wildman–Crippen MR) is 129 cm³/mol. The van der Waals surface area contributed by atoms with Crippen molar-refractivity contribution >= 4 is 11.8 Å². The molecule has 2 aliphatic heterocycles. The normalized spacial score (nSPS) is 20.7. The number of rotatable bonds is 5. The van der Waals surface area contributed by atoms with Crippen LogP contribution in [0.1, 0.15) is 88.9 Å². The van der Waals surface area contributed by atoms with Gasteiger partial charge in [-0.1, -0.05) is 43.5 Å². The fourth-order valence-electron chi connectivity index (χ4n) is 5.52. The van der Waals surface area contributed by atoms with E-state index in [1.807, 2.05) is 22.8 Å². The van der Waals surface area contributed by atoms with Crippen molar-refractivity contribution in [1.29, 1.82) is 0 Å². The van der Waals surface area contributed by atoms with Gasteiger partial charge in [-0.25, -0.2) is 0 Å². The third kappa shape index (κ3) is 4.67. The van der Waals surface area contributed by atoms with E-state index in [-0.39, 0.29) is 35.7 Å². The van der Waals surface area contributed by atoms with Crippen LogP contribution < -0.4 is 10.7 Å². The first kappa shape index (κ1) is 22.8. The van der Waals surface area contributed by atoms with Gasteiger partial charge in [-0.05, 0) is 43.2 Å². The van der Waals surface area contributed by atoms with Crippen LogP contribution in [0.15, 0.2) is 41.5 Å². The molecule has 3 aliphatic rings. The maximum atomic E-state index is 13.3. The average Bonchev–Trinajstić information content (AvgIpc) is 3.43. The van der Waals surface area contributed by atoms with Crippen LogP contribution in [0.4, 0.5) is 0 Å². The number of aromatic nitrogens is 1. The summed E-state index contributed by atoms with van der Waals surface area (Å²) in [6.45, 7) is 2.21. The van der Waals surface area contributed by atoms with E-state index in [4.69, 9.17) is 4.74 Å². The highest BCUT2D eigenvalue weighted by Crippen LogP contribution is 2.29. The second-order valence-corrected chi connectivity index (χ2v) is 9.67. The molecular weight excluding hydrogens is 430 g/mol. The molecule has 2 amide bonds. The molecule has 1 atom stereocenters. The van der Waals surface area contributed by atoms with E-state index in [0.29, 0.717) is 19.7 Å². The quantitative estimate of drug-likeness (QED) is 0.734. The number of pyridine rings is 1. The summed E-state index contributed by atoms with van der Waals surface area (Å²) in [5.74, 6) is -0.705. The van der Waals surface area contributed by atoms with E-state index in [1.165, 1.54) is 12.0 Å². The molecule has 34 heavy (non-hydrogen) atoms. The van der Waals surface area contributed by atoms with Crippen LogP contribution >= 0.6 is 0 Å². The highest BCUT2D eigenvalue weighted by Gasteiger charge is 2.28. The van der Waals surface area contributed by atoms with Gasteiger partial charge in [0.25, 0.3) is 11.8 Å². The lowest BCUT2D eigenvalue weighted by molar-refractivity contribution is 0.0411. The van der Waals surface area contributed by atoms with Crippen LogP contribution in [-0.4, -0.2) is 47.5 Å². The molecule has 2 fully saturated rings. The van der Waals surface area contributed by atoms with Gasteiger partial charge in [0.05, 0.1) is 6.61 Å². The second-order valence-electron chi connectivity index (χ2n) is 9.67. The van der Waals surface area contributed by atoms with Crippen LogP contribution in [0.25, 0.3) is 0 Å². The summed E-state index contributed by atoms with van der Waals surface area (Å²) >= 11 is 0. The zero-order valence-corrected chi connectivity index (χ0v) is 19.6. The monoisotopic (exact) mass is 463 g/mol. The molecule has 5 rings (SSSR count). The molecule has 1 N–H and O–H groups in total. The number of fused-ring (bicyclic) bond motifs is 1. The summed E-state index contributed by atoms with van der Waals surface area (Å²) in [7, 11) is 0. The van der Waals surface area contributed by atoms with E-state index in [1.54, 1.807) is 17.3 Å². The molecule has 2 aromatic rings. The van der Waals surface area contributed by atoms with Gasteiger partial charge in [-0.2, -0.15) is 0 Å². The molecule has 3 heterocycles. The van der Waals surface area contributed by atoms with Gasteiger partial charge in [0, 0.05) is 38.1 Å². The zero-order chi connectivity index (χ0) is 23.5. The van der Waals surface area contributed by atoms with Crippen LogP contribution in [0.3, 0.4) is 0 Å². The van der Waals surface area contributed by atoms with Gasteiger partial charge in [0.1, 0.15) is 17.2 Å². The molecule has 0 bridgehead atoms. The van der Waals surface area contributed by atoms with Crippen molar-refractivity contribution in [2.24, 2.45) is 0 Å². The fourth-order valence-corrected chi connectivity index (χ4v) is 5.52. The Hall–Kier alpha value is -2.93. The molecule has 1 saturated carbocycles. The molecule has 0 unspecified atom stereocenters. The summed E-state index contributed by atoms with van der Waals surface area (Å²) in [5, 5.41) is 2.91. The van der Waals surface area contributed by atoms with Crippen LogP contribution in [0.2, 0.25) is 0 Å². The Morgan fingerprint density at radius 2 is 1.71 bits per heavy atom. The molecule has 1 saturated heterocycles. The highest BCUT2D eigenvalue weighted by atomic mass is 16.5. The van der Waals surface area contributed by atoms with Gasteiger partial charge in [0.2, 0.25) is 5.43 Å². The third-order valence-corrected chi connectivity index (χ3v) is 7.45. The molecule has 180 valence electrons. The first-order valence-electron chi connectivity index (χ1n) is 12.6. The minimum Gasteiger partial charge on any atom is -0.371 e. The van der Waals surface area contributed by atoms with Gasteiger partial charge in [-0.15, -0.1) is 0 Å². The molecule has 7 heteroatoms. The van der Waals surface area contributed by atoms with Crippen molar-refractivity contribution in [1.82, 2.24) is 14.8 Å². The Labute approximate surface area is 200 Å². The molecule has 1 aromatic carbocycles. The Bertz CT molecular complexity index is 1110. The molecule has 7 nitrogen and oxygen atoms in total. The Morgan fingerprint density at radius 3 is 2.50 bits per heavy atom. The van der Waals surface area contributed by atoms with E-state index >= 15 is 0 Å². The highest BCUT2D eigenvalue weighted by molar-refractivity contribution is 5.99. The minimum absolute atomic E-state index is 0.0414. The smallest absolute Gasteiger partial charge is 0.259 e. The van der Waals surface area contributed by atoms with Crippen LogP contribution in [-0.2, 0) is 11.2 Å². The van der Waals surface area contributed by atoms with Crippen LogP contribution in [0.5, 0.6) is 0 Å². The third-order valence-electron chi connectivity index (χ3n) is 7.45. The second kappa shape index (κ2) is 10.1. The van der Waals surface area contributed by atoms with Crippen molar-refractivity contribution in [2.45, 2.75) is 63.5 Å². The predicted octanol–water partition coefficient (Wildman–Crippen LogP) is 3.63. The fraction of sp³-hybridized carbons (Fsp3) is 0.519. The Morgan fingerprint density at radius 1 is 0.971 bits per heavy atom. The van der Waals surface area contributed by atoms with Crippen molar-refractivity contribution in [2.75, 3.05) is 26.2 Å². The lowest BCUT2D eigenvalue weighted by Crippen LogP contribution is -2.38. The summed E-state index contributed by atoms with van der Waals surface area (Å²) in [6, 6.07) is 8.30. The number of hydrogen-bond donors (Lipinski definition) is 1. The summed E-state index contributed by atoms with van der Waals surface area (Å²) in [6.07, 6.45) is 11.3. The van der Waals surface area contributed by atoms with Crippen LogP contribution in [0, 0.1) is 0 Å². The number of likely N-dealkylation sites (tertiary alicyclic amines) is 1. The lowest BCUT2D eigenvalue weighted by Gasteiger charge is -2.27. The van der Waals surface area contributed by atoms with Gasteiger partial charge < -0.3 is 19.5 Å². The maximum Gasteiger partial charge on any atom is 0.259 e. The molecule has 0 spiro atoms. The Balaban J connectivity index is 1.41. The lowest BCUT2D eigenvalue weighted by atomic mass is 9.95. The maximum absolute atomic E-state index is 13.3. The van der Waals surface area contributed by atoms with Crippen molar-refractivity contribution < 1.29 is 14.3 Å². The van der Waals surface area contributed by atoms with Crippen molar-refractivity contribution in [3.05, 3.63) is 69.1 Å². The molecular formula is C27H33N3O4. The van der Waals surface area contributed by atoms with Gasteiger partial charge >= 0.3 is 0 Å². The molecule has 1 aromatic heterocycles. The number of nitrogens with one attached hydrogen (secondary N) is 1. The number of nitrogens with zero attached hydrogens (tertiary/aromatic N) is 2. The average molecular weight is 464 g/mol. The Kier molecular flexibility index (Phi) is 6.81. The van der Waals surface area contributed by atoms with Gasteiger partial charge in [-0.3, -0.25) is 14.4 Å². The first-order chi connectivity index (χ1) is 16.6. The standard InChI is InChI=1S/C27H33N3O4/c31-25-22(26(32)28-16-24-21-11-5-4-8-19(21)12-15-34-24)17-30(20-9-2-1-3-10-20)18-23(25)27(33)29-13-6-7-14-29/h4-5,8,11,17-18,20,24H,1-3,6-7,9-10,12-16H2,(H,28,32)/t24-/m0/s1. The van der Waals surface area contributed by atoms with Gasteiger partial charge in [0.15, 0.2) is 0 Å². The first-order valence-corrected chi connectivity index (χ1v) is 12.6. The number of benzene rings is 1. The summed E-state index contributed by atoms with van der Waals surface area (Å²) < 4.78 is 7.86. The number of amides is 2. The SMILES string of the molecule is O=C(NC[C@@H]1OCCc2ccccc21)c1cn(C2CCCCC2)cc(C(=O)N2CCCC2)c1=O. The van der Waals surface area contributed by atoms with Crippen molar-refractivity contribution in [3.8, 4) is 0 Å². The summed E-state index contributed by atoms with van der Waals surface area (Å²) in [4.78, 5) is 41.5. The van der Waals surface area contributed by atoms with E-state index in [0.717, 1.165) is 50.5 Å². The number of ether oxygens (including phenoxy) is 1. The van der Waals surface area contributed by atoms with E-state index in [9.17, 15) is 14.4 Å². The summed E-state index contributed by atoms with van der Waals surface area (Å²) in [5.41, 5.74) is 1.98. The number of carbonyl (C=O) groups excluding carboxylic acids is 2. The van der Waals surface area contributed by atoms with E-state index in [2.05, 4.69) is 11.4 Å². The number of hydrogen-bond acceptors (Lipinski definition) is 4. The molecule has 1 aliphatic carbocycles. The van der Waals surface area contributed by atoms with E-state index < -0.39 is 11.3 Å². The minimum atomic E-state index is -0.480.